The number of anilines is 1. The molecule has 0 aromatic carbocycles. The van der Waals surface area contributed by atoms with Crippen molar-refractivity contribution in [2.24, 2.45) is 5.14 Å². The molecular weight excluding hydrogens is 418 g/mol. The highest BCUT2D eigenvalue weighted by atomic mass is 32.2. The number of hydrogen-bond donors (Lipinski definition) is 4. The minimum Gasteiger partial charge on any atom is -0.387 e. The number of nitrogens with zero attached hydrogens (tertiary/aromatic N) is 5. The SMILES string of the molecule is NS(=O)(=O)OC[C@H]1O[C@@H](n2cnc3c(NCc4ccccn4)ncnc32)[C@H](O)[C@@H]1O. The van der Waals surface area contributed by atoms with Gasteiger partial charge >= 0.3 is 10.3 Å². The fraction of sp³-hybridized carbons (Fsp3) is 0.375. The zero-order chi connectivity index (χ0) is 21.3. The van der Waals surface area contributed by atoms with Crippen molar-refractivity contribution in [1.82, 2.24) is 24.5 Å². The zero-order valence-electron chi connectivity index (χ0n) is 15.4. The largest absolute Gasteiger partial charge is 0.387 e. The van der Waals surface area contributed by atoms with Crippen molar-refractivity contribution in [3.05, 3.63) is 42.7 Å². The molecular formula is C16H19N7O6S. The molecule has 0 aliphatic carbocycles. The molecule has 1 fully saturated rings. The molecule has 0 saturated carbocycles. The average Bonchev–Trinajstić information content (AvgIpc) is 3.27. The lowest BCUT2D eigenvalue weighted by Crippen LogP contribution is -2.35. The third kappa shape index (κ3) is 4.23. The van der Waals surface area contributed by atoms with E-state index in [1.165, 1.54) is 17.2 Å². The summed E-state index contributed by atoms with van der Waals surface area (Å²) in [6.07, 6.45) is -0.590. The number of fused-ring (bicyclic) bond motifs is 1. The van der Waals surface area contributed by atoms with E-state index < -0.39 is 41.5 Å². The quantitative estimate of drug-likeness (QED) is 0.343. The Balaban J connectivity index is 1.55. The number of rotatable bonds is 7. The van der Waals surface area contributed by atoms with Crippen molar-refractivity contribution < 1.29 is 27.6 Å². The van der Waals surface area contributed by atoms with Gasteiger partial charge in [-0.3, -0.25) is 13.7 Å². The molecule has 4 rings (SSSR count). The van der Waals surface area contributed by atoms with Gasteiger partial charge < -0.3 is 20.3 Å². The summed E-state index contributed by atoms with van der Waals surface area (Å²) >= 11 is 0. The summed E-state index contributed by atoms with van der Waals surface area (Å²) in [6.45, 7) is -0.139. The van der Waals surface area contributed by atoms with Crippen molar-refractivity contribution in [1.29, 1.82) is 0 Å². The van der Waals surface area contributed by atoms with Gasteiger partial charge in [0.2, 0.25) is 0 Å². The van der Waals surface area contributed by atoms with Crippen LogP contribution >= 0.6 is 0 Å². The summed E-state index contributed by atoms with van der Waals surface area (Å²) < 4.78 is 33.4. The van der Waals surface area contributed by atoms with Gasteiger partial charge in [-0.15, -0.1) is 0 Å². The summed E-state index contributed by atoms with van der Waals surface area (Å²) in [5.41, 5.74) is 1.57. The van der Waals surface area contributed by atoms with Crippen molar-refractivity contribution in [3.8, 4) is 0 Å². The first-order valence-electron chi connectivity index (χ1n) is 8.83. The van der Waals surface area contributed by atoms with Crippen LogP contribution in [0.25, 0.3) is 11.2 Å². The number of hydrogen-bond acceptors (Lipinski definition) is 11. The maximum Gasteiger partial charge on any atom is 0.333 e. The number of aliphatic hydroxyl groups excluding tert-OH is 2. The molecule has 5 N–H and O–H groups in total. The molecule has 0 amide bonds. The molecule has 0 bridgehead atoms. The molecule has 160 valence electrons. The Bertz CT molecular complexity index is 1130. The molecule has 0 spiro atoms. The fourth-order valence-corrected chi connectivity index (χ4v) is 3.43. The Labute approximate surface area is 170 Å². The molecule has 13 nitrogen and oxygen atoms in total. The summed E-state index contributed by atoms with van der Waals surface area (Å²) in [7, 11) is -4.22. The Morgan fingerprint density at radius 3 is 2.77 bits per heavy atom. The van der Waals surface area contributed by atoms with E-state index in [1.807, 2.05) is 18.2 Å². The number of nitrogens with one attached hydrogen (secondary N) is 1. The van der Waals surface area contributed by atoms with Crippen LogP contribution in [-0.4, -0.2) is 68.1 Å². The number of imidazole rings is 1. The van der Waals surface area contributed by atoms with Crippen LogP contribution in [0.4, 0.5) is 5.82 Å². The maximum atomic E-state index is 11.0. The lowest BCUT2D eigenvalue weighted by molar-refractivity contribution is -0.0467. The first-order chi connectivity index (χ1) is 14.3. The zero-order valence-corrected chi connectivity index (χ0v) is 16.3. The van der Waals surface area contributed by atoms with Gasteiger partial charge in [-0.2, -0.15) is 8.42 Å². The highest BCUT2D eigenvalue weighted by molar-refractivity contribution is 7.84. The molecule has 30 heavy (non-hydrogen) atoms. The molecule has 4 atom stereocenters. The van der Waals surface area contributed by atoms with Gasteiger partial charge in [0.25, 0.3) is 0 Å². The predicted molar refractivity (Wildman–Crippen MR) is 102 cm³/mol. The van der Waals surface area contributed by atoms with E-state index in [2.05, 4.69) is 29.4 Å². The van der Waals surface area contributed by atoms with Crippen molar-refractivity contribution in [2.75, 3.05) is 11.9 Å². The van der Waals surface area contributed by atoms with Crippen LogP contribution in [0.1, 0.15) is 11.9 Å². The lowest BCUT2D eigenvalue weighted by Gasteiger charge is -2.16. The second kappa shape index (κ2) is 8.17. The second-order valence-electron chi connectivity index (χ2n) is 6.54. The van der Waals surface area contributed by atoms with Gasteiger partial charge in [0, 0.05) is 6.20 Å². The molecule has 0 radical (unpaired) electrons. The van der Waals surface area contributed by atoms with Gasteiger partial charge in [-0.25, -0.2) is 20.1 Å². The highest BCUT2D eigenvalue weighted by Crippen LogP contribution is 2.32. The lowest BCUT2D eigenvalue weighted by atomic mass is 10.1. The molecule has 0 unspecified atom stereocenters. The third-order valence-electron chi connectivity index (χ3n) is 4.53. The van der Waals surface area contributed by atoms with E-state index in [0.29, 0.717) is 23.5 Å². The van der Waals surface area contributed by atoms with Crippen LogP contribution in [-0.2, 0) is 25.8 Å². The van der Waals surface area contributed by atoms with Crippen LogP contribution in [0, 0.1) is 0 Å². The molecule has 3 aromatic rings. The smallest absolute Gasteiger partial charge is 0.333 e. The summed E-state index contributed by atoms with van der Waals surface area (Å²) in [6, 6.07) is 5.54. The summed E-state index contributed by atoms with van der Waals surface area (Å²) in [5.74, 6) is 0.451. The Hall–Kier alpha value is -2.75. The second-order valence-corrected chi connectivity index (χ2v) is 7.77. The number of aromatic nitrogens is 5. The van der Waals surface area contributed by atoms with E-state index in [4.69, 9.17) is 9.88 Å². The minimum atomic E-state index is -4.22. The van der Waals surface area contributed by atoms with Crippen LogP contribution in [0.5, 0.6) is 0 Å². The van der Waals surface area contributed by atoms with Gasteiger partial charge in [0.15, 0.2) is 23.2 Å². The Kier molecular flexibility index (Phi) is 5.59. The molecule has 14 heteroatoms. The van der Waals surface area contributed by atoms with Gasteiger partial charge in [-0.05, 0) is 12.1 Å². The van der Waals surface area contributed by atoms with E-state index in [-0.39, 0.29) is 0 Å². The monoisotopic (exact) mass is 437 g/mol. The first-order valence-corrected chi connectivity index (χ1v) is 10.3. The molecule has 4 heterocycles. The van der Waals surface area contributed by atoms with Crippen molar-refractivity contribution in [3.63, 3.8) is 0 Å². The summed E-state index contributed by atoms with van der Waals surface area (Å²) in [4.78, 5) is 16.9. The number of nitrogens with two attached hydrogens (primary N) is 1. The minimum absolute atomic E-state index is 0.345. The van der Waals surface area contributed by atoms with Crippen LogP contribution in [0.15, 0.2) is 37.1 Å². The van der Waals surface area contributed by atoms with E-state index >= 15 is 0 Å². The van der Waals surface area contributed by atoms with Crippen LogP contribution in [0.3, 0.4) is 0 Å². The predicted octanol–water partition coefficient (Wildman–Crippen LogP) is -1.33. The Morgan fingerprint density at radius 2 is 2.03 bits per heavy atom. The molecule has 3 aromatic heterocycles. The normalized spacial score (nSPS) is 24.4. The maximum absolute atomic E-state index is 11.0. The Morgan fingerprint density at radius 1 is 1.20 bits per heavy atom. The summed E-state index contributed by atoms with van der Waals surface area (Å²) in [5, 5.41) is 28.5. The molecule has 1 aliphatic rings. The fourth-order valence-electron chi connectivity index (χ4n) is 3.10. The molecule has 1 saturated heterocycles. The first kappa shape index (κ1) is 20.5. The van der Waals surface area contributed by atoms with Gasteiger partial charge in [0.05, 0.1) is 25.2 Å². The van der Waals surface area contributed by atoms with Crippen LogP contribution < -0.4 is 10.5 Å². The van der Waals surface area contributed by atoms with Crippen molar-refractivity contribution in [2.45, 2.75) is 31.1 Å². The number of pyridine rings is 1. The number of aliphatic hydroxyl groups is 2. The van der Waals surface area contributed by atoms with Gasteiger partial charge in [-0.1, -0.05) is 6.07 Å². The standard InChI is InChI=1S/C16H19N7O6S/c17-30(26,27)28-6-10-12(24)13(25)16(29-10)23-8-22-11-14(20-7-21-15(11)23)19-5-9-3-1-2-4-18-9/h1-4,7-8,10,12-13,16,24-25H,5-6H2,(H2,17,26,27)(H,19,20,21)/t10-,12-,13-,16-/m1/s1. The highest BCUT2D eigenvalue weighted by Gasteiger charge is 2.45. The molecule has 1 aliphatic heterocycles. The third-order valence-corrected chi connectivity index (χ3v) is 4.99. The number of ether oxygens (including phenoxy) is 1. The average molecular weight is 437 g/mol. The van der Waals surface area contributed by atoms with E-state index in [9.17, 15) is 18.6 Å². The van der Waals surface area contributed by atoms with E-state index in [1.54, 1.807) is 6.20 Å². The van der Waals surface area contributed by atoms with Crippen LogP contribution in [0.2, 0.25) is 0 Å². The van der Waals surface area contributed by atoms with Crippen molar-refractivity contribution >= 4 is 27.3 Å². The topological polar surface area (TPSA) is 188 Å². The van der Waals surface area contributed by atoms with Gasteiger partial charge in [0.1, 0.15) is 24.6 Å². The van der Waals surface area contributed by atoms with E-state index in [0.717, 1.165) is 5.69 Å².